The van der Waals surface area contributed by atoms with Gasteiger partial charge in [-0.15, -0.1) is 0 Å². The molecule has 4 rings (SSSR count). The predicted molar refractivity (Wildman–Crippen MR) is 85.7 cm³/mol. The number of benzene rings is 4. The quantitative estimate of drug-likeness (QED) is 0.296. The van der Waals surface area contributed by atoms with E-state index in [9.17, 15) is 21.6 Å². The maximum absolute atomic E-state index is 12.6. The second-order valence-electron chi connectivity index (χ2n) is 5.40. The van der Waals surface area contributed by atoms with Crippen molar-refractivity contribution < 1.29 is 25.8 Å². The van der Waals surface area contributed by atoms with Crippen molar-refractivity contribution in [2.24, 2.45) is 0 Å². The Morgan fingerprint density at radius 2 is 1.29 bits per heavy atom. The summed E-state index contributed by atoms with van der Waals surface area (Å²) in [6.07, 6.45) is 0. The molecule has 0 saturated heterocycles. The van der Waals surface area contributed by atoms with Crippen LogP contribution in [0.5, 0.6) is 5.75 Å². The molecule has 7 heteroatoms. The predicted octanol–water partition coefficient (Wildman–Crippen LogP) is 4.81. The van der Waals surface area contributed by atoms with Crippen LogP contribution < -0.4 is 4.18 Å². The molecule has 0 aliphatic rings. The lowest BCUT2D eigenvalue weighted by atomic mass is 9.94. The highest BCUT2D eigenvalue weighted by Gasteiger charge is 2.48. The summed E-state index contributed by atoms with van der Waals surface area (Å²) in [5.74, 6) is -0.335. The molecule has 0 atom stereocenters. The molecule has 0 radical (unpaired) electrons. The highest BCUT2D eigenvalue weighted by molar-refractivity contribution is 7.88. The fourth-order valence-electron chi connectivity index (χ4n) is 2.95. The van der Waals surface area contributed by atoms with Gasteiger partial charge in [0.2, 0.25) is 0 Å². The Kier molecular flexibility index (Phi) is 2.96. The van der Waals surface area contributed by atoms with E-state index in [0.717, 1.165) is 21.5 Å². The summed E-state index contributed by atoms with van der Waals surface area (Å²) in [6, 6.07) is 15.5. The summed E-state index contributed by atoms with van der Waals surface area (Å²) < 4.78 is 64.8. The van der Waals surface area contributed by atoms with E-state index in [4.69, 9.17) is 0 Å². The zero-order valence-electron chi connectivity index (χ0n) is 12.0. The molecule has 0 unspecified atom stereocenters. The molecule has 24 heavy (non-hydrogen) atoms. The van der Waals surface area contributed by atoms with Gasteiger partial charge in [0.1, 0.15) is 0 Å². The summed E-state index contributed by atoms with van der Waals surface area (Å²) in [5, 5.41) is 4.50. The molecule has 0 fully saturated rings. The van der Waals surface area contributed by atoms with Crippen molar-refractivity contribution in [3.8, 4) is 5.75 Å². The van der Waals surface area contributed by atoms with E-state index in [-0.39, 0.29) is 5.75 Å². The molecule has 0 bridgehead atoms. The van der Waals surface area contributed by atoms with Crippen molar-refractivity contribution in [3.63, 3.8) is 0 Å². The zero-order valence-corrected chi connectivity index (χ0v) is 12.8. The van der Waals surface area contributed by atoms with Crippen molar-refractivity contribution in [1.29, 1.82) is 0 Å². The minimum absolute atomic E-state index is 0.324. The van der Waals surface area contributed by atoms with Crippen molar-refractivity contribution >= 4 is 42.4 Å². The lowest BCUT2D eigenvalue weighted by molar-refractivity contribution is -0.0499. The third-order valence-electron chi connectivity index (χ3n) is 3.97. The summed E-state index contributed by atoms with van der Waals surface area (Å²) in [6.45, 7) is 0. The summed E-state index contributed by atoms with van der Waals surface area (Å²) in [4.78, 5) is 0. The van der Waals surface area contributed by atoms with Gasteiger partial charge in [-0.1, -0.05) is 42.5 Å². The van der Waals surface area contributed by atoms with E-state index in [1.54, 1.807) is 18.2 Å². The average Bonchev–Trinajstić information content (AvgIpc) is 2.52. The number of alkyl halides is 3. The summed E-state index contributed by atoms with van der Waals surface area (Å²) >= 11 is 0. The van der Waals surface area contributed by atoms with Gasteiger partial charge in [-0.2, -0.15) is 21.6 Å². The van der Waals surface area contributed by atoms with Crippen LogP contribution in [0.2, 0.25) is 0 Å². The second kappa shape index (κ2) is 4.73. The molecule has 0 aliphatic heterocycles. The maximum Gasteiger partial charge on any atom is 0.534 e. The number of halogens is 3. The lowest BCUT2D eigenvalue weighted by Crippen LogP contribution is -2.28. The highest BCUT2D eigenvalue weighted by Crippen LogP contribution is 2.39. The third kappa shape index (κ3) is 2.08. The van der Waals surface area contributed by atoms with Crippen LogP contribution in [0.15, 0.2) is 54.6 Å². The molecule has 0 aromatic heterocycles. The number of rotatable bonds is 2. The first-order valence-electron chi connectivity index (χ1n) is 6.95. The normalized spacial score (nSPS) is 13.1. The van der Waals surface area contributed by atoms with E-state index in [2.05, 4.69) is 4.18 Å². The molecular weight excluding hydrogens is 341 g/mol. The lowest BCUT2D eigenvalue weighted by Gasteiger charge is -2.15. The molecule has 122 valence electrons. The maximum atomic E-state index is 12.6. The Labute approximate surface area is 134 Å². The monoisotopic (exact) mass is 350 g/mol. The van der Waals surface area contributed by atoms with Crippen LogP contribution in [0.4, 0.5) is 13.2 Å². The Morgan fingerprint density at radius 1 is 0.750 bits per heavy atom. The van der Waals surface area contributed by atoms with Gasteiger partial charge in [-0.3, -0.25) is 0 Å². The van der Waals surface area contributed by atoms with Crippen LogP contribution in [-0.4, -0.2) is 13.9 Å². The molecule has 0 heterocycles. The molecule has 4 aromatic carbocycles. The van der Waals surface area contributed by atoms with Gasteiger partial charge in [0.15, 0.2) is 5.75 Å². The molecule has 3 nitrogen and oxygen atoms in total. The third-order valence-corrected chi connectivity index (χ3v) is 4.94. The van der Waals surface area contributed by atoms with Crippen molar-refractivity contribution in [2.45, 2.75) is 5.51 Å². The van der Waals surface area contributed by atoms with Gasteiger partial charge in [0, 0.05) is 10.8 Å². The second-order valence-corrected chi connectivity index (χ2v) is 6.94. The first-order valence-corrected chi connectivity index (χ1v) is 8.36. The smallest absolute Gasteiger partial charge is 0.375 e. The average molecular weight is 350 g/mol. The standard InChI is InChI=1S/C17H9F3O3S/c18-17(19,20)24(21,22)23-14-9-7-12-5-4-10-2-1-3-11-6-8-13(14)16(12)15(10)11/h1-9H. The first-order chi connectivity index (χ1) is 11.3. The molecule has 0 spiro atoms. The van der Waals surface area contributed by atoms with E-state index in [1.165, 1.54) is 6.07 Å². The van der Waals surface area contributed by atoms with E-state index >= 15 is 0 Å². The largest absolute Gasteiger partial charge is 0.534 e. The SMILES string of the molecule is O=S(=O)(Oc1ccc2ccc3cccc4ccc1c2c34)C(F)(F)F. The van der Waals surface area contributed by atoms with E-state index in [0.29, 0.717) is 10.8 Å². The van der Waals surface area contributed by atoms with Crippen molar-refractivity contribution in [2.75, 3.05) is 0 Å². The Balaban J connectivity index is 2.05. The minimum Gasteiger partial charge on any atom is -0.375 e. The fraction of sp³-hybridized carbons (Fsp3) is 0.0588. The van der Waals surface area contributed by atoms with Crippen LogP contribution >= 0.6 is 0 Å². The molecule has 0 N–H and O–H groups in total. The van der Waals surface area contributed by atoms with Crippen LogP contribution in [0, 0.1) is 0 Å². The zero-order chi connectivity index (χ0) is 17.1. The van der Waals surface area contributed by atoms with Gasteiger partial charge in [0.25, 0.3) is 0 Å². The number of hydrogen-bond acceptors (Lipinski definition) is 3. The molecule has 0 amide bonds. The van der Waals surface area contributed by atoms with E-state index in [1.807, 2.05) is 30.3 Å². The van der Waals surface area contributed by atoms with Crippen molar-refractivity contribution in [1.82, 2.24) is 0 Å². The Bertz CT molecular complexity index is 1160. The van der Waals surface area contributed by atoms with Crippen LogP contribution in [0.3, 0.4) is 0 Å². The topological polar surface area (TPSA) is 43.4 Å². The first kappa shape index (κ1) is 15.0. The molecule has 0 saturated carbocycles. The molecule has 0 aliphatic carbocycles. The Morgan fingerprint density at radius 3 is 1.92 bits per heavy atom. The van der Waals surface area contributed by atoms with Gasteiger partial charge >= 0.3 is 15.6 Å². The summed E-state index contributed by atoms with van der Waals surface area (Å²) in [7, 11) is -5.72. The van der Waals surface area contributed by atoms with Crippen LogP contribution in [0.1, 0.15) is 0 Å². The van der Waals surface area contributed by atoms with Gasteiger partial charge in [0.05, 0.1) is 0 Å². The van der Waals surface area contributed by atoms with E-state index < -0.39 is 15.6 Å². The molecule has 4 aromatic rings. The Hall–Kier alpha value is -2.54. The van der Waals surface area contributed by atoms with Crippen LogP contribution in [0.25, 0.3) is 32.3 Å². The fourth-order valence-corrected chi connectivity index (χ4v) is 3.42. The van der Waals surface area contributed by atoms with Gasteiger partial charge in [-0.05, 0) is 33.7 Å². The van der Waals surface area contributed by atoms with Gasteiger partial charge in [-0.25, -0.2) is 0 Å². The summed E-state index contributed by atoms with van der Waals surface area (Å²) in [5.41, 5.74) is -5.48. The minimum atomic E-state index is -5.72. The highest BCUT2D eigenvalue weighted by atomic mass is 32.2. The van der Waals surface area contributed by atoms with Crippen LogP contribution in [-0.2, 0) is 10.1 Å². The number of hydrogen-bond donors (Lipinski definition) is 0. The van der Waals surface area contributed by atoms with Crippen molar-refractivity contribution in [3.05, 3.63) is 54.6 Å². The molecular formula is C17H9F3O3S. The van der Waals surface area contributed by atoms with Gasteiger partial charge < -0.3 is 4.18 Å².